The molecule has 188 valence electrons. The van der Waals surface area contributed by atoms with Gasteiger partial charge in [-0.15, -0.1) is 0 Å². The van der Waals surface area contributed by atoms with Crippen LogP contribution < -0.4 is 10.5 Å². The number of halogens is 3. The van der Waals surface area contributed by atoms with Crippen LogP contribution in [0.1, 0.15) is 43.4 Å². The minimum Gasteiger partial charge on any atom is -0.493 e. The van der Waals surface area contributed by atoms with Crippen LogP contribution in [-0.2, 0) is 28.5 Å². The highest BCUT2D eigenvalue weighted by molar-refractivity contribution is 5.85. The van der Waals surface area contributed by atoms with E-state index in [2.05, 4.69) is 6.07 Å². The summed E-state index contributed by atoms with van der Waals surface area (Å²) in [5, 5.41) is 2.31. The Hall–Kier alpha value is -2.61. The van der Waals surface area contributed by atoms with Crippen molar-refractivity contribution in [1.29, 1.82) is 0 Å². The van der Waals surface area contributed by atoms with E-state index in [0.717, 1.165) is 28.8 Å². The lowest BCUT2D eigenvalue weighted by Crippen LogP contribution is -2.57. The van der Waals surface area contributed by atoms with Gasteiger partial charge in [0.15, 0.2) is 5.79 Å². The van der Waals surface area contributed by atoms with Crippen LogP contribution in [0.3, 0.4) is 0 Å². The summed E-state index contributed by atoms with van der Waals surface area (Å²) in [5.41, 5.74) is 6.57. The van der Waals surface area contributed by atoms with Gasteiger partial charge in [-0.3, -0.25) is 0 Å². The van der Waals surface area contributed by atoms with Gasteiger partial charge in [0.05, 0.1) is 30.9 Å². The highest BCUT2D eigenvalue weighted by atomic mass is 19.4. The Morgan fingerprint density at radius 3 is 2.40 bits per heavy atom. The Labute approximate surface area is 204 Å². The van der Waals surface area contributed by atoms with Gasteiger partial charge in [0.25, 0.3) is 0 Å². The summed E-state index contributed by atoms with van der Waals surface area (Å²) in [7, 11) is 0. The molecule has 7 heteroatoms. The molecule has 1 aliphatic rings. The normalized spacial score (nSPS) is 17.4. The molecule has 1 aliphatic heterocycles. The Kier molecular flexibility index (Phi) is 7.40. The van der Waals surface area contributed by atoms with Crippen LogP contribution in [0.2, 0.25) is 0 Å². The predicted molar refractivity (Wildman–Crippen MR) is 130 cm³/mol. The second-order valence-corrected chi connectivity index (χ2v) is 9.76. The molecule has 3 aromatic rings. The third kappa shape index (κ3) is 6.54. The largest absolute Gasteiger partial charge is 0.493 e. The molecule has 4 nitrogen and oxygen atoms in total. The Balaban J connectivity index is 1.37. The molecule has 1 fully saturated rings. The van der Waals surface area contributed by atoms with Gasteiger partial charge in [-0.05, 0) is 73.6 Å². The van der Waals surface area contributed by atoms with Gasteiger partial charge in [-0.2, -0.15) is 13.2 Å². The van der Waals surface area contributed by atoms with Crippen LogP contribution in [0.5, 0.6) is 5.75 Å². The van der Waals surface area contributed by atoms with E-state index in [1.165, 1.54) is 6.07 Å². The van der Waals surface area contributed by atoms with Crippen molar-refractivity contribution in [3.8, 4) is 5.75 Å². The van der Waals surface area contributed by atoms with E-state index >= 15 is 0 Å². The zero-order chi connectivity index (χ0) is 25.1. The predicted octanol–water partition coefficient (Wildman–Crippen LogP) is 6.28. The zero-order valence-corrected chi connectivity index (χ0v) is 20.2. The van der Waals surface area contributed by atoms with E-state index in [1.807, 2.05) is 50.2 Å². The lowest BCUT2D eigenvalue weighted by Gasteiger charge is -2.41. The fraction of sp³-hybridized carbons (Fsp3) is 0.429. The molecular formula is C28H32F3NO3. The standard InChI is InChI=1S/C28H32F3NO3/c1-26(2)34-18-27(32,19-35-26)15-14-20-12-13-25(24(17-20)28(29,30)31)33-16-6-10-22-9-5-8-21-7-3-4-11-23(21)22/h3-5,7-9,11-13,17H,6,10,14-16,18-19,32H2,1-2H3. The summed E-state index contributed by atoms with van der Waals surface area (Å²) in [6.45, 7) is 4.40. The third-order valence-corrected chi connectivity index (χ3v) is 6.40. The van der Waals surface area contributed by atoms with Crippen molar-refractivity contribution in [1.82, 2.24) is 0 Å². The lowest BCUT2D eigenvalue weighted by atomic mass is 9.92. The van der Waals surface area contributed by atoms with E-state index in [9.17, 15) is 13.2 Å². The second-order valence-electron chi connectivity index (χ2n) is 9.76. The SMILES string of the molecule is CC1(C)OCC(N)(CCc2ccc(OCCCc3cccc4ccccc34)c(C(F)(F)F)c2)CO1. The van der Waals surface area contributed by atoms with Crippen LogP contribution >= 0.6 is 0 Å². The average molecular weight is 488 g/mol. The number of aryl methyl sites for hydroxylation is 2. The molecule has 0 amide bonds. The molecule has 0 spiro atoms. The average Bonchev–Trinajstić information content (AvgIpc) is 2.83. The van der Waals surface area contributed by atoms with Gasteiger partial charge >= 0.3 is 6.18 Å². The molecule has 35 heavy (non-hydrogen) atoms. The third-order valence-electron chi connectivity index (χ3n) is 6.40. The number of alkyl halides is 3. The van der Waals surface area contributed by atoms with E-state index in [-0.39, 0.29) is 12.4 Å². The fourth-order valence-electron chi connectivity index (χ4n) is 4.29. The van der Waals surface area contributed by atoms with Gasteiger partial charge in [0, 0.05) is 0 Å². The van der Waals surface area contributed by atoms with Gasteiger partial charge in [0.1, 0.15) is 5.75 Å². The summed E-state index contributed by atoms with van der Waals surface area (Å²) in [6, 6.07) is 18.4. The molecule has 0 radical (unpaired) electrons. The number of rotatable bonds is 8. The second kappa shape index (κ2) is 10.2. The summed E-state index contributed by atoms with van der Waals surface area (Å²) < 4.78 is 58.2. The van der Waals surface area contributed by atoms with Crippen molar-refractivity contribution in [3.05, 3.63) is 77.4 Å². The monoisotopic (exact) mass is 487 g/mol. The minimum absolute atomic E-state index is 0.146. The first-order valence-electron chi connectivity index (χ1n) is 11.9. The van der Waals surface area contributed by atoms with Crippen LogP contribution in [0.4, 0.5) is 13.2 Å². The molecular weight excluding hydrogens is 455 g/mol. The molecule has 0 unspecified atom stereocenters. The number of hydrogen-bond acceptors (Lipinski definition) is 4. The first-order valence-corrected chi connectivity index (χ1v) is 11.9. The highest BCUT2D eigenvalue weighted by Crippen LogP contribution is 2.37. The van der Waals surface area contributed by atoms with Gasteiger partial charge in [-0.1, -0.05) is 48.5 Å². The molecule has 2 N–H and O–H groups in total. The van der Waals surface area contributed by atoms with Crippen LogP contribution in [-0.4, -0.2) is 31.1 Å². The van der Waals surface area contributed by atoms with Crippen LogP contribution in [0.25, 0.3) is 10.8 Å². The number of benzene rings is 3. The number of ether oxygens (including phenoxy) is 3. The Bertz CT molecular complexity index is 1140. The number of fused-ring (bicyclic) bond motifs is 1. The fourth-order valence-corrected chi connectivity index (χ4v) is 4.29. The first kappa shape index (κ1) is 25.5. The molecule has 1 saturated heterocycles. The zero-order valence-electron chi connectivity index (χ0n) is 20.2. The van der Waals surface area contributed by atoms with Crippen molar-refractivity contribution in [2.45, 2.75) is 57.0 Å². The number of hydrogen-bond donors (Lipinski definition) is 1. The maximum atomic E-state index is 13.8. The quantitative estimate of drug-likeness (QED) is 0.380. The molecule has 0 aliphatic carbocycles. The Morgan fingerprint density at radius 2 is 1.66 bits per heavy atom. The van der Waals surface area contributed by atoms with Gasteiger partial charge in [-0.25, -0.2) is 0 Å². The van der Waals surface area contributed by atoms with E-state index in [0.29, 0.717) is 38.0 Å². The minimum atomic E-state index is -4.51. The summed E-state index contributed by atoms with van der Waals surface area (Å²) in [5.74, 6) is -0.841. The molecule has 0 atom stereocenters. The highest BCUT2D eigenvalue weighted by Gasteiger charge is 2.38. The molecule has 0 aromatic heterocycles. The van der Waals surface area contributed by atoms with Gasteiger partial charge < -0.3 is 19.9 Å². The first-order chi connectivity index (χ1) is 16.5. The van der Waals surface area contributed by atoms with E-state index in [4.69, 9.17) is 19.9 Å². The van der Waals surface area contributed by atoms with Crippen molar-refractivity contribution in [2.24, 2.45) is 5.73 Å². The van der Waals surface area contributed by atoms with Crippen molar-refractivity contribution in [2.75, 3.05) is 19.8 Å². The van der Waals surface area contributed by atoms with Crippen molar-refractivity contribution in [3.63, 3.8) is 0 Å². The number of nitrogens with two attached hydrogens (primary N) is 1. The van der Waals surface area contributed by atoms with E-state index in [1.54, 1.807) is 6.07 Å². The summed E-state index contributed by atoms with van der Waals surface area (Å²) in [4.78, 5) is 0. The smallest absolute Gasteiger partial charge is 0.419 e. The van der Waals surface area contributed by atoms with Crippen molar-refractivity contribution < 1.29 is 27.4 Å². The van der Waals surface area contributed by atoms with Crippen LogP contribution in [0, 0.1) is 0 Å². The van der Waals surface area contributed by atoms with Crippen LogP contribution in [0.15, 0.2) is 60.7 Å². The molecule has 0 saturated carbocycles. The van der Waals surface area contributed by atoms with E-state index < -0.39 is 23.1 Å². The topological polar surface area (TPSA) is 53.7 Å². The molecule has 0 bridgehead atoms. The molecule has 4 rings (SSSR count). The maximum absolute atomic E-state index is 13.8. The maximum Gasteiger partial charge on any atom is 0.419 e. The molecule has 3 aromatic carbocycles. The summed E-state index contributed by atoms with van der Waals surface area (Å²) in [6.07, 6.45) is -2.35. The summed E-state index contributed by atoms with van der Waals surface area (Å²) >= 11 is 0. The van der Waals surface area contributed by atoms with Gasteiger partial charge in [0.2, 0.25) is 0 Å². The lowest BCUT2D eigenvalue weighted by molar-refractivity contribution is -0.267. The van der Waals surface area contributed by atoms with Crippen molar-refractivity contribution >= 4 is 10.8 Å². The molecule has 1 heterocycles. The Morgan fingerprint density at radius 1 is 0.943 bits per heavy atom.